The van der Waals surface area contributed by atoms with Crippen LogP contribution in [-0.4, -0.2) is 43.3 Å². The number of pyridine rings is 1. The van der Waals surface area contributed by atoms with E-state index in [0.29, 0.717) is 18.1 Å². The molecule has 2 rings (SSSR count). The van der Waals surface area contributed by atoms with Crippen molar-refractivity contribution in [2.75, 3.05) is 26.3 Å². The number of aromatic nitrogens is 1. The van der Waals surface area contributed by atoms with Crippen molar-refractivity contribution < 1.29 is 14.3 Å². The lowest BCUT2D eigenvalue weighted by atomic mass is 9.99. The van der Waals surface area contributed by atoms with Gasteiger partial charge in [0, 0.05) is 6.61 Å². The summed E-state index contributed by atoms with van der Waals surface area (Å²) in [6.07, 6.45) is 2.17. The van der Waals surface area contributed by atoms with Crippen molar-refractivity contribution in [1.82, 2.24) is 10.3 Å². The summed E-state index contributed by atoms with van der Waals surface area (Å²) < 4.78 is 10.7. The summed E-state index contributed by atoms with van der Waals surface area (Å²) in [5.74, 6) is 0.0138. The number of hydrogen-bond acceptors (Lipinski definition) is 6. The second-order valence-corrected chi connectivity index (χ2v) is 6.34. The van der Waals surface area contributed by atoms with Gasteiger partial charge < -0.3 is 20.5 Å². The third-order valence-electron chi connectivity index (χ3n) is 3.62. The summed E-state index contributed by atoms with van der Waals surface area (Å²) in [6, 6.07) is 2.36. The van der Waals surface area contributed by atoms with Gasteiger partial charge in [0.1, 0.15) is 23.0 Å². The molecule has 1 saturated heterocycles. The first-order valence-corrected chi connectivity index (χ1v) is 8.33. The summed E-state index contributed by atoms with van der Waals surface area (Å²) in [5.41, 5.74) is 6.44. The van der Waals surface area contributed by atoms with Crippen LogP contribution in [-0.2, 0) is 20.9 Å². The Hall–Kier alpha value is -0.920. The van der Waals surface area contributed by atoms with Gasteiger partial charge in [-0.1, -0.05) is 23.2 Å². The number of esters is 1. The van der Waals surface area contributed by atoms with E-state index in [1.54, 1.807) is 12.1 Å². The molecule has 2 heterocycles. The number of halogens is 2. The van der Waals surface area contributed by atoms with Gasteiger partial charge >= 0.3 is 5.97 Å². The number of carbonyl (C=O) groups is 1. The summed E-state index contributed by atoms with van der Waals surface area (Å²) in [6.45, 7) is 2.85. The first-order chi connectivity index (χ1) is 11.0. The van der Waals surface area contributed by atoms with Crippen LogP contribution in [0.4, 0.5) is 0 Å². The molecule has 0 aromatic carbocycles. The normalized spacial score (nSPS) is 17.0. The highest BCUT2D eigenvalue weighted by Crippen LogP contribution is 2.15. The Morgan fingerprint density at radius 2 is 2.00 bits per heavy atom. The summed E-state index contributed by atoms with van der Waals surface area (Å²) in [4.78, 5) is 15.7. The lowest BCUT2D eigenvalue weighted by Crippen LogP contribution is -2.38. The molecule has 0 spiro atoms. The third kappa shape index (κ3) is 6.61. The van der Waals surface area contributed by atoms with Gasteiger partial charge in [-0.25, -0.2) is 4.98 Å². The van der Waals surface area contributed by atoms with Crippen LogP contribution in [0, 0.1) is 5.92 Å². The topological polar surface area (TPSA) is 86.5 Å². The molecule has 1 atom stereocenters. The largest absolute Gasteiger partial charge is 0.460 e. The monoisotopic (exact) mass is 361 g/mol. The first-order valence-electron chi connectivity index (χ1n) is 7.57. The maximum atomic E-state index is 11.8. The van der Waals surface area contributed by atoms with E-state index >= 15 is 0 Å². The Labute approximate surface area is 145 Å². The molecule has 0 bridgehead atoms. The molecule has 1 aromatic rings. The van der Waals surface area contributed by atoms with Gasteiger partial charge in [0.05, 0.1) is 6.61 Å². The average Bonchev–Trinajstić information content (AvgIpc) is 2.52. The highest BCUT2D eigenvalue weighted by Gasteiger charge is 2.18. The molecule has 1 aliphatic heterocycles. The summed E-state index contributed by atoms with van der Waals surface area (Å²) in [7, 11) is 0. The maximum Gasteiger partial charge on any atom is 0.325 e. The van der Waals surface area contributed by atoms with Crippen LogP contribution >= 0.6 is 23.2 Å². The number of rotatable bonds is 7. The number of nitrogens with one attached hydrogen (secondary N) is 1. The van der Waals surface area contributed by atoms with E-state index in [0.717, 1.165) is 25.9 Å². The molecule has 3 N–H and O–H groups in total. The fourth-order valence-electron chi connectivity index (χ4n) is 2.34. The Balaban J connectivity index is 1.67. The average molecular weight is 362 g/mol. The Morgan fingerprint density at radius 1 is 1.35 bits per heavy atom. The molecule has 1 fully saturated rings. The fourth-order valence-corrected chi connectivity index (χ4v) is 2.84. The lowest BCUT2D eigenvalue weighted by Gasteiger charge is -2.22. The van der Waals surface area contributed by atoms with Crippen molar-refractivity contribution in [2.24, 2.45) is 11.7 Å². The predicted octanol–water partition coefficient (Wildman–Crippen LogP) is 1.78. The molecule has 1 aliphatic rings. The van der Waals surface area contributed by atoms with Gasteiger partial charge in [-0.15, -0.1) is 0 Å². The number of carbonyl (C=O) groups excluding carboxylic acids is 1. The van der Waals surface area contributed by atoms with Crippen LogP contribution in [0.15, 0.2) is 12.1 Å². The van der Waals surface area contributed by atoms with E-state index in [9.17, 15) is 4.79 Å². The molecule has 23 heavy (non-hydrogen) atoms. The van der Waals surface area contributed by atoms with E-state index in [-0.39, 0.29) is 23.5 Å². The fraction of sp³-hybridized carbons (Fsp3) is 0.600. The molecule has 0 amide bonds. The maximum absolute atomic E-state index is 11.8. The number of hydrogen-bond donors (Lipinski definition) is 2. The number of nitrogens with zero attached hydrogens (tertiary/aromatic N) is 1. The van der Waals surface area contributed by atoms with Gasteiger partial charge in [0.2, 0.25) is 0 Å². The molecule has 128 valence electrons. The molecule has 0 saturated carbocycles. The van der Waals surface area contributed by atoms with E-state index in [1.807, 2.05) is 0 Å². The standard InChI is InChI=1S/C15H21Cl2N3O3/c16-13-5-11(6-14(17)20-13)8-23-15(21)12(18)9-22-7-10-1-3-19-4-2-10/h5-6,10,12,19H,1-4,7-9,18H2/t12-/m0/s1. The third-order valence-corrected chi connectivity index (χ3v) is 4.00. The van der Waals surface area contributed by atoms with Gasteiger partial charge in [-0.2, -0.15) is 0 Å². The summed E-state index contributed by atoms with van der Waals surface area (Å²) in [5, 5.41) is 3.79. The molecule has 0 radical (unpaired) electrons. The van der Waals surface area contributed by atoms with Crippen LogP contribution in [0.25, 0.3) is 0 Å². The van der Waals surface area contributed by atoms with Crippen molar-refractivity contribution >= 4 is 29.2 Å². The van der Waals surface area contributed by atoms with Crippen LogP contribution < -0.4 is 11.1 Å². The minimum atomic E-state index is -0.801. The molecule has 0 unspecified atom stereocenters. The van der Waals surface area contributed by atoms with E-state index in [2.05, 4.69) is 10.3 Å². The Kier molecular flexibility index (Phi) is 7.52. The van der Waals surface area contributed by atoms with Crippen LogP contribution in [0.2, 0.25) is 10.3 Å². The van der Waals surface area contributed by atoms with Crippen molar-refractivity contribution in [1.29, 1.82) is 0 Å². The van der Waals surface area contributed by atoms with E-state index in [1.165, 1.54) is 0 Å². The number of piperidine rings is 1. The zero-order valence-corrected chi connectivity index (χ0v) is 14.3. The van der Waals surface area contributed by atoms with Crippen LogP contribution in [0.1, 0.15) is 18.4 Å². The zero-order chi connectivity index (χ0) is 16.7. The van der Waals surface area contributed by atoms with Crippen molar-refractivity contribution in [3.8, 4) is 0 Å². The second kappa shape index (κ2) is 9.39. The first kappa shape index (κ1) is 18.4. The van der Waals surface area contributed by atoms with Gasteiger partial charge in [-0.05, 0) is 49.5 Å². The molecule has 1 aromatic heterocycles. The van der Waals surface area contributed by atoms with Crippen molar-refractivity contribution in [3.63, 3.8) is 0 Å². The van der Waals surface area contributed by atoms with Gasteiger partial charge in [0.15, 0.2) is 0 Å². The predicted molar refractivity (Wildman–Crippen MR) is 88.4 cm³/mol. The highest BCUT2D eigenvalue weighted by atomic mass is 35.5. The molecule has 6 nitrogen and oxygen atoms in total. The zero-order valence-electron chi connectivity index (χ0n) is 12.8. The number of nitrogens with two attached hydrogens (primary N) is 1. The number of ether oxygens (including phenoxy) is 2. The van der Waals surface area contributed by atoms with E-state index in [4.69, 9.17) is 38.4 Å². The van der Waals surface area contributed by atoms with Crippen molar-refractivity contribution in [3.05, 3.63) is 28.0 Å². The minimum Gasteiger partial charge on any atom is -0.460 e. The molecule has 8 heteroatoms. The van der Waals surface area contributed by atoms with Crippen LogP contribution in [0.5, 0.6) is 0 Å². The molecular formula is C15H21Cl2N3O3. The van der Waals surface area contributed by atoms with E-state index < -0.39 is 12.0 Å². The summed E-state index contributed by atoms with van der Waals surface area (Å²) >= 11 is 11.6. The molecule has 0 aliphatic carbocycles. The second-order valence-electron chi connectivity index (χ2n) is 5.57. The van der Waals surface area contributed by atoms with Gasteiger partial charge in [0.25, 0.3) is 0 Å². The van der Waals surface area contributed by atoms with Gasteiger partial charge in [-0.3, -0.25) is 4.79 Å². The Bertz CT molecular complexity index is 504. The molecular weight excluding hydrogens is 341 g/mol. The lowest BCUT2D eigenvalue weighted by molar-refractivity contribution is -0.148. The quantitative estimate of drug-likeness (QED) is 0.568. The van der Waals surface area contributed by atoms with Crippen LogP contribution in [0.3, 0.4) is 0 Å². The smallest absolute Gasteiger partial charge is 0.325 e. The van der Waals surface area contributed by atoms with Crippen molar-refractivity contribution in [2.45, 2.75) is 25.5 Å². The highest BCUT2D eigenvalue weighted by molar-refractivity contribution is 6.32. The SMILES string of the molecule is N[C@@H](COCC1CCNCC1)C(=O)OCc1cc(Cl)nc(Cl)c1. The minimum absolute atomic E-state index is 0.0444. The Morgan fingerprint density at radius 3 is 2.65 bits per heavy atom.